The Morgan fingerprint density at radius 3 is 2.59 bits per heavy atom. The van der Waals surface area contributed by atoms with Crippen LogP contribution >= 0.6 is 11.3 Å². The zero-order valence-corrected chi connectivity index (χ0v) is 20.0. The standard InChI is InChI=1S/C27H26N4O2S/c1-19-8-6-11-21(14-19)17-30-25(32)23-15-22(24-12-7-13-34-24)29-31(23)18-27(30,2)26(33)28-16-20-9-4-3-5-10-20/h3-15H,16-18H2,1-2H3,(H,28,33)/t27-/m0/s1. The molecule has 0 unspecified atom stereocenters. The number of hydrogen-bond acceptors (Lipinski definition) is 4. The number of nitrogens with one attached hydrogen (secondary N) is 1. The molecule has 34 heavy (non-hydrogen) atoms. The van der Waals surface area contributed by atoms with Crippen molar-refractivity contribution < 1.29 is 9.59 Å². The molecule has 1 aliphatic rings. The summed E-state index contributed by atoms with van der Waals surface area (Å²) >= 11 is 1.58. The molecule has 0 saturated heterocycles. The first-order chi connectivity index (χ1) is 16.4. The molecule has 0 bridgehead atoms. The summed E-state index contributed by atoms with van der Waals surface area (Å²) in [6, 6.07) is 23.6. The monoisotopic (exact) mass is 470 g/mol. The molecule has 0 saturated carbocycles. The van der Waals surface area contributed by atoms with Crippen LogP contribution in [0.4, 0.5) is 0 Å². The highest BCUT2D eigenvalue weighted by Crippen LogP contribution is 2.32. The number of aromatic nitrogens is 2. The minimum atomic E-state index is -1.10. The van der Waals surface area contributed by atoms with Gasteiger partial charge in [0.25, 0.3) is 5.91 Å². The lowest BCUT2D eigenvalue weighted by atomic mass is 9.93. The number of nitrogens with zero attached hydrogens (tertiary/aromatic N) is 3. The zero-order valence-electron chi connectivity index (χ0n) is 19.2. The van der Waals surface area contributed by atoms with E-state index in [1.807, 2.05) is 86.0 Å². The van der Waals surface area contributed by atoms with Gasteiger partial charge in [-0.2, -0.15) is 5.10 Å². The summed E-state index contributed by atoms with van der Waals surface area (Å²) in [5.74, 6) is -0.392. The van der Waals surface area contributed by atoms with E-state index in [9.17, 15) is 9.59 Å². The molecule has 0 spiro atoms. The molecule has 5 rings (SSSR count). The molecule has 2 aromatic heterocycles. The Kier molecular flexibility index (Phi) is 5.79. The van der Waals surface area contributed by atoms with Crippen molar-refractivity contribution >= 4 is 23.2 Å². The first kappa shape index (κ1) is 22.1. The Morgan fingerprint density at radius 2 is 1.85 bits per heavy atom. The molecule has 4 aromatic rings. The number of hydrogen-bond donors (Lipinski definition) is 1. The average molecular weight is 471 g/mol. The minimum Gasteiger partial charge on any atom is -0.350 e. The summed E-state index contributed by atoms with van der Waals surface area (Å²) in [5.41, 5.74) is 3.27. The van der Waals surface area contributed by atoms with Crippen molar-refractivity contribution in [2.45, 2.75) is 39.0 Å². The number of thiophene rings is 1. The maximum absolute atomic E-state index is 13.8. The molecule has 1 N–H and O–H groups in total. The van der Waals surface area contributed by atoms with Gasteiger partial charge in [-0.1, -0.05) is 66.2 Å². The minimum absolute atomic E-state index is 0.194. The number of benzene rings is 2. The molecule has 6 nitrogen and oxygen atoms in total. The number of carbonyl (C=O) groups excluding carboxylic acids is 2. The van der Waals surface area contributed by atoms with Crippen LogP contribution in [0.15, 0.2) is 78.2 Å². The van der Waals surface area contributed by atoms with Gasteiger partial charge in [-0.05, 0) is 42.5 Å². The number of rotatable bonds is 6. The predicted octanol–water partition coefficient (Wildman–Crippen LogP) is 4.65. The van der Waals surface area contributed by atoms with Crippen LogP contribution in [0.1, 0.15) is 34.1 Å². The molecular weight excluding hydrogens is 444 g/mol. The quantitative estimate of drug-likeness (QED) is 0.446. The van der Waals surface area contributed by atoms with Crippen molar-refractivity contribution in [1.29, 1.82) is 0 Å². The third kappa shape index (κ3) is 4.15. The molecule has 7 heteroatoms. The molecule has 3 heterocycles. The third-order valence-corrected chi connectivity index (χ3v) is 7.17. The van der Waals surface area contributed by atoms with Gasteiger partial charge >= 0.3 is 0 Å². The molecule has 0 aliphatic carbocycles. The SMILES string of the molecule is Cc1cccc(CN2C(=O)c3cc(-c4cccs4)nn3C[C@@]2(C)C(=O)NCc2ccccc2)c1. The van der Waals surface area contributed by atoms with Crippen molar-refractivity contribution in [3.05, 3.63) is 101 Å². The number of fused-ring (bicyclic) bond motifs is 1. The van der Waals surface area contributed by atoms with Gasteiger partial charge < -0.3 is 10.2 Å². The lowest BCUT2D eigenvalue weighted by Crippen LogP contribution is -2.63. The fraction of sp³-hybridized carbons (Fsp3) is 0.222. The first-order valence-corrected chi connectivity index (χ1v) is 12.1. The molecular formula is C27H26N4O2S. The fourth-order valence-electron chi connectivity index (χ4n) is 4.40. The number of amides is 2. The van der Waals surface area contributed by atoms with E-state index in [1.165, 1.54) is 0 Å². The first-order valence-electron chi connectivity index (χ1n) is 11.3. The zero-order chi connectivity index (χ0) is 23.7. The Bertz CT molecular complexity index is 1330. The molecule has 0 radical (unpaired) electrons. The van der Waals surface area contributed by atoms with E-state index in [0.29, 0.717) is 18.8 Å². The van der Waals surface area contributed by atoms with E-state index in [0.717, 1.165) is 27.3 Å². The summed E-state index contributed by atoms with van der Waals surface area (Å²) in [4.78, 5) is 30.1. The van der Waals surface area contributed by atoms with E-state index in [4.69, 9.17) is 5.10 Å². The summed E-state index contributed by atoms with van der Waals surface area (Å²) in [6.07, 6.45) is 0. The van der Waals surface area contributed by atoms with E-state index in [-0.39, 0.29) is 18.4 Å². The summed E-state index contributed by atoms with van der Waals surface area (Å²) in [6.45, 7) is 4.88. The highest BCUT2D eigenvalue weighted by Gasteiger charge is 2.48. The normalized spacial score (nSPS) is 17.5. The van der Waals surface area contributed by atoms with Crippen LogP contribution < -0.4 is 5.32 Å². The van der Waals surface area contributed by atoms with Gasteiger partial charge in [0.2, 0.25) is 5.91 Å². The third-order valence-electron chi connectivity index (χ3n) is 6.28. The second-order valence-electron chi connectivity index (χ2n) is 8.87. The maximum Gasteiger partial charge on any atom is 0.273 e. The molecule has 1 aliphatic heterocycles. The van der Waals surface area contributed by atoms with Crippen LogP contribution in [-0.2, 0) is 24.4 Å². The fourth-order valence-corrected chi connectivity index (χ4v) is 5.08. The smallest absolute Gasteiger partial charge is 0.273 e. The van der Waals surface area contributed by atoms with Crippen LogP contribution in [0.3, 0.4) is 0 Å². The Labute approximate surface area is 202 Å². The lowest BCUT2D eigenvalue weighted by molar-refractivity contribution is -0.133. The Hall–Kier alpha value is -3.71. The van der Waals surface area contributed by atoms with Gasteiger partial charge in [0, 0.05) is 13.1 Å². The maximum atomic E-state index is 13.8. The molecule has 2 amide bonds. The van der Waals surface area contributed by atoms with E-state index in [2.05, 4.69) is 11.4 Å². The van der Waals surface area contributed by atoms with Gasteiger partial charge in [0.1, 0.15) is 16.9 Å². The van der Waals surface area contributed by atoms with E-state index >= 15 is 0 Å². The Balaban J connectivity index is 1.50. The summed E-state index contributed by atoms with van der Waals surface area (Å²) < 4.78 is 1.69. The summed E-state index contributed by atoms with van der Waals surface area (Å²) in [7, 11) is 0. The van der Waals surface area contributed by atoms with Crippen LogP contribution in [0.25, 0.3) is 10.6 Å². The van der Waals surface area contributed by atoms with Gasteiger partial charge in [-0.25, -0.2) is 0 Å². The van der Waals surface area contributed by atoms with Gasteiger partial charge in [-0.15, -0.1) is 11.3 Å². The lowest BCUT2D eigenvalue weighted by Gasteiger charge is -2.43. The van der Waals surface area contributed by atoms with Crippen LogP contribution in [0.2, 0.25) is 0 Å². The van der Waals surface area contributed by atoms with Crippen LogP contribution in [-0.4, -0.2) is 32.0 Å². The van der Waals surface area contributed by atoms with Gasteiger partial charge in [-0.3, -0.25) is 14.3 Å². The second kappa shape index (κ2) is 8.91. The highest BCUT2D eigenvalue weighted by molar-refractivity contribution is 7.13. The van der Waals surface area contributed by atoms with Crippen molar-refractivity contribution in [1.82, 2.24) is 20.0 Å². The van der Waals surface area contributed by atoms with Crippen molar-refractivity contribution in [3.8, 4) is 10.6 Å². The molecule has 172 valence electrons. The topological polar surface area (TPSA) is 67.2 Å². The van der Waals surface area contributed by atoms with Crippen molar-refractivity contribution in [3.63, 3.8) is 0 Å². The van der Waals surface area contributed by atoms with Gasteiger partial charge in [0.15, 0.2) is 0 Å². The van der Waals surface area contributed by atoms with E-state index in [1.54, 1.807) is 20.9 Å². The molecule has 1 atom stereocenters. The average Bonchev–Trinajstić information content (AvgIpc) is 3.51. The highest BCUT2D eigenvalue weighted by atomic mass is 32.1. The number of carbonyl (C=O) groups is 2. The van der Waals surface area contributed by atoms with Crippen LogP contribution in [0.5, 0.6) is 0 Å². The molecule has 2 aromatic carbocycles. The molecule has 0 fully saturated rings. The van der Waals surface area contributed by atoms with Crippen LogP contribution in [0, 0.1) is 6.92 Å². The van der Waals surface area contributed by atoms with Gasteiger partial charge in [0.05, 0.1) is 11.4 Å². The second-order valence-corrected chi connectivity index (χ2v) is 9.82. The summed E-state index contributed by atoms with van der Waals surface area (Å²) in [5, 5.41) is 9.73. The largest absolute Gasteiger partial charge is 0.350 e. The van der Waals surface area contributed by atoms with Crippen molar-refractivity contribution in [2.75, 3.05) is 0 Å². The van der Waals surface area contributed by atoms with Crippen molar-refractivity contribution in [2.24, 2.45) is 0 Å². The van der Waals surface area contributed by atoms with E-state index < -0.39 is 5.54 Å². The Morgan fingerprint density at radius 1 is 1.06 bits per heavy atom. The number of aryl methyl sites for hydroxylation is 1. The predicted molar refractivity (Wildman–Crippen MR) is 133 cm³/mol.